The van der Waals surface area contributed by atoms with Crippen molar-refractivity contribution in [3.05, 3.63) is 18.2 Å². The van der Waals surface area contributed by atoms with Crippen LogP contribution in [0.2, 0.25) is 0 Å². The molecule has 0 atom stereocenters. The summed E-state index contributed by atoms with van der Waals surface area (Å²) in [6.45, 7) is 2.27. The van der Waals surface area contributed by atoms with Crippen LogP contribution in [0.3, 0.4) is 0 Å². The molecule has 4 heteroatoms. The van der Waals surface area contributed by atoms with Crippen LogP contribution in [0.5, 0.6) is 11.5 Å². The van der Waals surface area contributed by atoms with Crippen LogP contribution in [0.1, 0.15) is 13.3 Å². The number of Topliss-reactive ketones (excluding diaryl/α,β-unsaturated/α-hetero) is 1. The second-order valence-electron chi connectivity index (χ2n) is 3.91. The Morgan fingerprint density at radius 3 is 2.53 bits per heavy atom. The van der Waals surface area contributed by atoms with E-state index in [2.05, 4.69) is 0 Å². The largest absolute Gasteiger partial charge is 0.497 e. The molecule has 0 amide bonds. The molecule has 0 unspecified atom stereocenters. The zero-order valence-corrected chi connectivity index (χ0v) is 10.8. The highest BCUT2D eigenvalue weighted by Crippen LogP contribution is 2.31. The number of hydrogen-bond acceptors (Lipinski definition) is 4. The Morgan fingerprint density at radius 2 is 2.00 bits per heavy atom. The number of rotatable bonds is 6. The van der Waals surface area contributed by atoms with E-state index in [0.29, 0.717) is 13.0 Å². The van der Waals surface area contributed by atoms with Crippen LogP contribution in [0, 0.1) is 0 Å². The lowest BCUT2D eigenvalue weighted by Gasteiger charge is -2.21. The van der Waals surface area contributed by atoms with E-state index < -0.39 is 0 Å². The number of methoxy groups -OCH3 is 2. The first-order chi connectivity index (χ1) is 8.08. The molecule has 0 aliphatic heterocycles. The smallest absolute Gasteiger partial charge is 0.145 e. The van der Waals surface area contributed by atoms with Crippen molar-refractivity contribution in [1.82, 2.24) is 0 Å². The second-order valence-corrected chi connectivity index (χ2v) is 3.91. The highest BCUT2D eigenvalue weighted by Gasteiger charge is 2.09. The van der Waals surface area contributed by atoms with Crippen LogP contribution in [0.25, 0.3) is 0 Å². The number of benzene rings is 1. The van der Waals surface area contributed by atoms with Crippen molar-refractivity contribution in [1.29, 1.82) is 0 Å². The van der Waals surface area contributed by atoms with Gasteiger partial charge < -0.3 is 14.4 Å². The van der Waals surface area contributed by atoms with E-state index in [1.54, 1.807) is 21.1 Å². The molecule has 1 aromatic carbocycles. The predicted molar refractivity (Wildman–Crippen MR) is 68.1 cm³/mol. The molecule has 0 saturated carbocycles. The maximum absolute atomic E-state index is 11.0. The normalized spacial score (nSPS) is 9.88. The van der Waals surface area contributed by atoms with Crippen LogP contribution in [-0.2, 0) is 4.79 Å². The maximum Gasteiger partial charge on any atom is 0.145 e. The minimum Gasteiger partial charge on any atom is -0.497 e. The fourth-order valence-electron chi connectivity index (χ4n) is 1.55. The van der Waals surface area contributed by atoms with Gasteiger partial charge in [-0.2, -0.15) is 0 Å². The molecule has 4 nitrogen and oxygen atoms in total. The summed E-state index contributed by atoms with van der Waals surface area (Å²) in [5.41, 5.74) is 0.953. The van der Waals surface area contributed by atoms with E-state index in [1.807, 2.05) is 30.1 Å². The van der Waals surface area contributed by atoms with Crippen molar-refractivity contribution in [3.63, 3.8) is 0 Å². The molecule has 0 N–H and O–H groups in total. The number of nitrogens with zero attached hydrogens (tertiary/aromatic N) is 1. The van der Waals surface area contributed by atoms with Gasteiger partial charge in [-0.15, -0.1) is 0 Å². The number of carbonyl (C=O) groups excluding carboxylic acids is 1. The summed E-state index contributed by atoms with van der Waals surface area (Å²) in [7, 11) is 5.18. The monoisotopic (exact) mass is 237 g/mol. The summed E-state index contributed by atoms with van der Waals surface area (Å²) in [6.07, 6.45) is 0.533. The highest BCUT2D eigenvalue weighted by atomic mass is 16.5. The molecule has 0 bridgehead atoms. The number of hydrogen-bond donors (Lipinski definition) is 0. The summed E-state index contributed by atoms with van der Waals surface area (Å²) in [5, 5.41) is 0. The predicted octanol–water partition coefficient (Wildman–Crippen LogP) is 2.12. The van der Waals surface area contributed by atoms with Gasteiger partial charge in [0, 0.05) is 26.1 Å². The third kappa shape index (κ3) is 3.66. The van der Waals surface area contributed by atoms with E-state index in [-0.39, 0.29) is 5.78 Å². The quantitative estimate of drug-likeness (QED) is 0.759. The average molecular weight is 237 g/mol. The Labute approximate surface area is 102 Å². The van der Waals surface area contributed by atoms with E-state index in [9.17, 15) is 4.79 Å². The lowest BCUT2D eigenvalue weighted by molar-refractivity contribution is -0.116. The van der Waals surface area contributed by atoms with Gasteiger partial charge in [-0.1, -0.05) is 0 Å². The Hall–Kier alpha value is -1.71. The van der Waals surface area contributed by atoms with E-state index >= 15 is 0 Å². The standard InChI is InChI=1S/C13H19NO3/c1-10(15)7-8-14(2)12-6-5-11(16-3)9-13(12)17-4/h5-6,9H,7-8H2,1-4H3. The molecule has 0 spiro atoms. The van der Waals surface area contributed by atoms with Gasteiger partial charge in [0.05, 0.1) is 19.9 Å². The molecule has 0 aliphatic carbocycles. The molecule has 17 heavy (non-hydrogen) atoms. The zero-order valence-electron chi connectivity index (χ0n) is 10.8. The topological polar surface area (TPSA) is 38.8 Å². The van der Waals surface area contributed by atoms with Crippen LogP contribution >= 0.6 is 0 Å². The fourth-order valence-corrected chi connectivity index (χ4v) is 1.55. The van der Waals surface area contributed by atoms with Gasteiger partial charge >= 0.3 is 0 Å². The number of ether oxygens (including phenoxy) is 2. The van der Waals surface area contributed by atoms with E-state index in [4.69, 9.17) is 9.47 Å². The van der Waals surface area contributed by atoms with Crippen LogP contribution < -0.4 is 14.4 Å². The number of ketones is 1. The molecular weight excluding hydrogens is 218 g/mol. The Morgan fingerprint density at radius 1 is 1.29 bits per heavy atom. The van der Waals surface area contributed by atoms with Crippen molar-refractivity contribution >= 4 is 11.5 Å². The minimum atomic E-state index is 0.185. The van der Waals surface area contributed by atoms with Crippen molar-refractivity contribution in [3.8, 4) is 11.5 Å². The fraction of sp³-hybridized carbons (Fsp3) is 0.462. The maximum atomic E-state index is 11.0. The lowest BCUT2D eigenvalue weighted by Crippen LogP contribution is -2.20. The molecule has 0 fully saturated rings. The van der Waals surface area contributed by atoms with Crippen molar-refractivity contribution in [2.45, 2.75) is 13.3 Å². The van der Waals surface area contributed by atoms with Gasteiger partial charge in [-0.3, -0.25) is 4.79 Å². The molecule has 1 aromatic rings. The molecule has 0 heterocycles. The summed E-state index contributed by atoms with van der Waals surface area (Å²) < 4.78 is 10.4. The first kappa shape index (κ1) is 13.4. The molecular formula is C13H19NO3. The summed E-state index contributed by atoms with van der Waals surface area (Å²) in [4.78, 5) is 13.0. The van der Waals surface area contributed by atoms with Gasteiger partial charge in [0.2, 0.25) is 0 Å². The third-order valence-corrected chi connectivity index (χ3v) is 2.60. The van der Waals surface area contributed by atoms with E-state index in [1.165, 1.54) is 0 Å². The molecule has 0 radical (unpaired) electrons. The van der Waals surface area contributed by atoms with Crippen molar-refractivity contribution < 1.29 is 14.3 Å². The zero-order chi connectivity index (χ0) is 12.8. The van der Waals surface area contributed by atoms with Gasteiger partial charge in [0.15, 0.2) is 0 Å². The van der Waals surface area contributed by atoms with Gasteiger partial charge in [0.1, 0.15) is 17.3 Å². The van der Waals surface area contributed by atoms with Crippen LogP contribution in [0.15, 0.2) is 18.2 Å². The third-order valence-electron chi connectivity index (χ3n) is 2.60. The molecule has 0 saturated heterocycles. The second kappa shape index (κ2) is 6.13. The summed E-state index contributed by atoms with van der Waals surface area (Å²) in [5.74, 6) is 1.69. The van der Waals surface area contributed by atoms with Crippen LogP contribution in [0.4, 0.5) is 5.69 Å². The Bertz CT molecular complexity index is 390. The van der Waals surface area contributed by atoms with E-state index in [0.717, 1.165) is 17.2 Å². The number of carbonyl (C=O) groups is 1. The van der Waals surface area contributed by atoms with Gasteiger partial charge in [-0.05, 0) is 19.1 Å². The molecule has 0 aromatic heterocycles. The van der Waals surface area contributed by atoms with Crippen molar-refractivity contribution in [2.75, 3.05) is 32.7 Å². The van der Waals surface area contributed by atoms with Gasteiger partial charge in [-0.25, -0.2) is 0 Å². The SMILES string of the molecule is COc1ccc(N(C)CCC(C)=O)c(OC)c1. The average Bonchev–Trinajstić information content (AvgIpc) is 2.34. The first-order valence-electron chi connectivity index (χ1n) is 5.51. The molecule has 0 aliphatic rings. The Kier molecular flexibility index (Phi) is 4.82. The van der Waals surface area contributed by atoms with Crippen molar-refractivity contribution in [2.24, 2.45) is 0 Å². The summed E-state index contributed by atoms with van der Waals surface area (Å²) in [6, 6.07) is 5.64. The van der Waals surface area contributed by atoms with Gasteiger partial charge in [0.25, 0.3) is 0 Å². The Balaban J connectivity index is 2.84. The minimum absolute atomic E-state index is 0.185. The lowest BCUT2D eigenvalue weighted by atomic mass is 10.2. The first-order valence-corrected chi connectivity index (χ1v) is 5.51. The summed E-state index contributed by atoms with van der Waals surface area (Å²) >= 11 is 0. The number of anilines is 1. The molecule has 1 rings (SSSR count). The highest BCUT2D eigenvalue weighted by molar-refractivity contribution is 5.76. The molecule has 94 valence electrons. The van der Waals surface area contributed by atoms with Crippen LogP contribution in [-0.4, -0.2) is 33.6 Å².